The first-order chi connectivity index (χ1) is 11.2. The third-order valence-corrected chi connectivity index (χ3v) is 5.79. The average molecular weight is 338 g/mol. The molecule has 1 aromatic carbocycles. The van der Waals surface area contributed by atoms with Crippen molar-refractivity contribution in [3.05, 3.63) is 34.9 Å². The van der Waals surface area contributed by atoms with Gasteiger partial charge in [0.2, 0.25) is 0 Å². The second-order valence-electron chi connectivity index (χ2n) is 6.97. The van der Waals surface area contributed by atoms with Gasteiger partial charge in [0.1, 0.15) is 0 Å². The molecule has 3 rings (SSSR count). The van der Waals surface area contributed by atoms with Gasteiger partial charge in [0.15, 0.2) is 0 Å². The van der Waals surface area contributed by atoms with Crippen LogP contribution in [0.1, 0.15) is 44.1 Å². The number of hydrogen-bond acceptors (Lipinski definition) is 3. The van der Waals surface area contributed by atoms with E-state index < -0.39 is 5.60 Å². The van der Waals surface area contributed by atoms with E-state index in [0.717, 1.165) is 62.7 Å². The maximum atomic E-state index is 11.6. The van der Waals surface area contributed by atoms with E-state index in [1.54, 1.807) is 0 Å². The van der Waals surface area contributed by atoms with E-state index in [1.165, 1.54) is 19.3 Å². The molecule has 0 unspecified atom stereocenters. The van der Waals surface area contributed by atoms with Crippen LogP contribution < -0.4 is 0 Å². The Labute approximate surface area is 144 Å². The largest absolute Gasteiger partial charge is 0.385 e. The van der Waals surface area contributed by atoms with Gasteiger partial charge in [-0.3, -0.25) is 4.90 Å². The monoisotopic (exact) mass is 337 g/mol. The van der Waals surface area contributed by atoms with Crippen LogP contribution in [-0.4, -0.2) is 42.9 Å². The van der Waals surface area contributed by atoms with Crippen molar-refractivity contribution in [2.75, 3.05) is 32.8 Å². The van der Waals surface area contributed by atoms with E-state index in [1.807, 2.05) is 24.3 Å². The summed E-state index contributed by atoms with van der Waals surface area (Å²) in [6, 6.07) is 7.82. The molecule has 2 fully saturated rings. The van der Waals surface area contributed by atoms with Gasteiger partial charge in [-0.05, 0) is 42.9 Å². The van der Waals surface area contributed by atoms with Gasteiger partial charge in [0, 0.05) is 24.7 Å². The van der Waals surface area contributed by atoms with E-state index in [4.69, 9.17) is 16.3 Å². The molecular weight excluding hydrogens is 310 g/mol. The second kappa shape index (κ2) is 7.98. The van der Waals surface area contributed by atoms with Crippen LogP contribution in [0.3, 0.4) is 0 Å². The first kappa shape index (κ1) is 17.2. The van der Waals surface area contributed by atoms with Crippen LogP contribution in [0.5, 0.6) is 0 Å². The molecule has 0 amide bonds. The van der Waals surface area contributed by atoms with Gasteiger partial charge in [-0.1, -0.05) is 43.0 Å². The summed E-state index contributed by atoms with van der Waals surface area (Å²) in [6.45, 7) is 4.49. The van der Waals surface area contributed by atoms with Crippen LogP contribution in [0.25, 0.3) is 0 Å². The van der Waals surface area contributed by atoms with Crippen LogP contribution in [0, 0.1) is 5.92 Å². The first-order valence-electron chi connectivity index (χ1n) is 8.97. The average Bonchev–Trinajstić information content (AvgIpc) is 2.62. The van der Waals surface area contributed by atoms with Gasteiger partial charge in [-0.25, -0.2) is 0 Å². The zero-order valence-corrected chi connectivity index (χ0v) is 14.6. The fraction of sp³-hybridized carbons (Fsp3) is 0.684. The summed E-state index contributed by atoms with van der Waals surface area (Å²) in [6.07, 6.45) is 6.82. The Balaban J connectivity index is 1.75. The highest BCUT2D eigenvalue weighted by molar-refractivity contribution is 6.30. The van der Waals surface area contributed by atoms with Gasteiger partial charge < -0.3 is 9.84 Å². The van der Waals surface area contributed by atoms with Gasteiger partial charge in [-0.15, -0.1) is 0 Å². The second-order valence-corrected chi connectivity index (χ2v) is 7.41. The molecule has 0 bridgehead atoms. The Hall–Kier alpha value is -0.610. The molecule has 0 radical (unpaired) electrons. The summed E-state index contributed by atoms with van der Waals surface area (Å²) in [4.78, 5) is 2.41. The third kappa shape index (κ3) is 4.27. The summed E-state index contributed by atoms with van der Waals surface area (Å²) in [5.74, 6) is 0.360. The number of morpholine rings is 1. The maximum Gasteiger partial charge on any atom is 0.0936 e. The van der Waals surface area contributed by atoms with Crippen molar-refractivity contribution >= 4 is 11.6 Å². The minimum atomic E-state index is -0.733. The van der Waals surface area contributed by atoms with Gasteiger partial charge in [0.25, 0.3) is 0 Å². The number of halogens is 1. The molecule has 2 aliphatic rings. The van der Waals surface area contributed by atoms with Crippen molar-refractivity contribution in [1.29, 1.82) is 0 Å². The SMILES string of the molecule is O[C@](CCN1CCOCC1)(c1ccc(Cl)cc1)C1CCCCC1. The Bertz CT molecular complexity index is 481. The lowest BCUT2D eigenvalue weighted by Gasteiger charge is -2.40. The molecule has 1 N–H and O–H groups in total. The van der Waals surface area contributed by atoms with Crippen molar-refractivity contribution in [2.24, 2.45) is 5.92 Å². The van der Waals surface area contributed by atoms with Crippen molar-refractivity contribution in [3.8, 4) is 0 Å². The fourth-order valence-corrected chi connectivity index (χ4v) is 4.18. The summed E-state index contributed by atoms with van der Waals surface area (Å²) >= 11 is 6.04. The predicted molar refractivity (Wildman–Crippen MR) is 93.8 cm³/mol. The molecule has 1 aromatic rings. The molecule has 4 heteroatoms. The number of nitrogens with zero attached hydrogens (tertiary/aromatic N) is 1. The molecule has 3 nitrogen and oxygen atoms in total. The smallest absolute Gasteiger partial charge is 0.0936 e. The van der Waals surface area contributed by atoms with Crippen molar-refractivity contribution in [3.63, 3.8) is 0 Å². The van der Waals surface area contributed by atoms with Crippen LogP contribution in [0.15, 0.2) is 24.3 Å². The Kier molecular flexibility index (Phi) is 5.97. The molecular formula is C19H28ClNO2. The van der Waals surface area contributed by atoms with Crippen LogP contribution in [0.2, 0.25) is 5.02 Å². The van der Waals surface area contributed by atoms with Crippen molar-refractivity contribution in [1.82, 2.24) is 4.90 Å². The lowest BCUT2D eigenvalue weighted by Crippen LogP contribution is -2.43. The maximum absolute atomic E-state index is 11.6. The van der Waals surface area contributed by atoms with Crippen LogP contribution in [-0.2, 0) is 10.3 Å². The van der Waals surface area contributed by atoms with Crippen molar-refractivity contribution in [2.45, 2.75) is 44.1 Å². The zero-order chi connectivity index (χ0) is 16.1. The van der Waals surface area contributed by atoms with E-state index in [2.05, 4.69) is 4.90 Å². The van der Waals surface area contributed by atoms with Gasteiger partial charge in [-0.2, -0.15) is 0 Å². The standard InChI is InChI=1S/C19H28ClNO2/c20-18-8-6-17(7-9-18)19(22,16-4-2-1-3-5-16)10-11-21-12-14-23-15-13-21/h6-9,16,22H,1-5,10-15H2/t19-/m0/s1. The van der Waals surface area contributed by atoms with E-state index >= 15 is 0 Å². The lowest BCUT2D eigenvalue weighted by atomic mass is 9.71. The first-order valence-corrected chi connectivity index (χ1v) is 9.35. The molecule has 23 heavy (non-hydrogen) atoms. The van der Waals surface area contributed by atoms with Gasteiger partial charge >= 0.3 is 0 Å². The number of rotatable bonds is 5. The quantitative estimate of drug-likeness (QED) is 0.886. The Morgan fingerprint density at radius 3 is 2.39 bits per heavy atom. The van der Waals surface area contributed by atoms with E-state index in [0.29, 0.717) is 5.92 Å². The predicted octanol–water partition coefficient (Wildman–Crippen LogP) is 3.83. The Morgan fingerprint density at radius 2 is 1.74 bits per heavy atom. The van der Waals surface area contributed by atoms with Crippen LogP contribution in [0.4, 0.5) is 0 Å². The van der Waals surface area contributed by atoms with E-state index in [-0.39, 0.29) is 0 Å². The third-order valence-electron chi connectivity index (χ3n) is 5.54. The molecule has 1 saturated heterocycles. The normalized spacial score (nSPS) is 23.6. The minimum Gasteiger partial charge on any atom is -0.385 e. The molecule has 1 aliphatic carbocycles. The fourth-order valence-electron chi connectivity index (χ4n) is 4.06. The topological polar surface area (TPSA) is 32.7 Å². The Morgan fingerprint density at radius 1 is 1.09 bits per heavy atom. The van der Waals surface area contributed by atoms with Crippen molar-refractivity contribution < 1.29 is 9.84 Å². The highest BCUT2D eigenvalue weighted by atomic mass is 35.5. The highest BCUT2D eigenvalue weighted by Crippen LogP contribution is 2.42. The molecule has 1 aliphatic heterocycles. The lowest BCUT2D eigenvalue weighted by molar-refractivity contribution is -0.0581. The molecule has 1 heterocycles. The number of hydrogen-bond donors (Lipinski definition) is 1. The van der Waals surface area contributed by atoms with Crippen LogP contribution >= 0.6 is 11.6 Å². The van der Waals surface area contributed by atoms with E-state index in [9.17, 15) is 5.11 Å². The molecule has 128 valence electrons. The molecule has 0 aromatic heterocycles. The zero-order valence-electron chi connectivity index (χ0n) is 13.8. The molecule has 0 spiro atoms. The minimum absolute atomic E-state index is 0.360. The summed E-state index contributed by atoms with van der Waals surface area (Å²) in [5.41, 5.74) is 0.297. The number of benzene rings is 1. The van der Waals surface area contributed by atoms with Gasteiger partial charge in [0.05, 0.1) is 18.8 Å². The molecule has 1 atom stereocenters. The number of aliphatic hydroxyl groups is 1. The number of ether oxygens (including phenoxy) is 1. The summed E-state index contributed by atoms with van der Waals surface area (Å²) in [7, 11) is 0. The summed E-state index contributed by atoms with van der Waals surface area (Å²) in [5, 5.41) is 12.4. The molecule has 1 saturated carbocycles. The highest BCUT2D eigenvalue weighted by Gasteiger charge is 2.39. The summed E-state index contributed by atoms with van der Waals surface area (Å²) < 4.78 is 5.43.